The number of rotatable bonds is 2. The van der Waals surface area contributed by atoms with Crippen molar-refractivity contribution in [1.82, 2.24) is 4.90 Å². The fourth-order valence-electron chi connectivity index (χ4n) is 1.60. The van der Waals surface area contributed by atoms with Crippen molar-refractivity contribution in [3.05, 3.63) is 60.3 Å². The van der Waals surface area contributed by atoms with Crippen molar-refractivity contribution in [2.45, 2.75) is 12.6 Å². The standard InChI is InChI=1S/C13H12N2/c14-10-13-8-4-5-9-15(13)11-12-6-2-1-3-7-12/h1-9,13H,11H2. The third kappa shape index (κ3) is 2.26. The minimum Gasteiger partial charge on any atom is -0.354 e. The van der Waals surface area contributed by atoms with E-state index in [2.05, 4.69) is 18.2 Å². The van der Waals surface area contributed by atoms with Gasteiger partial charge in [-0.05, 0) is 17.7 Å². The van der Waals surface area contributed by atoms with Gasteiger partial charge in [-0.1, -0.05) is 36.4 Å². The van der Waals surface area contributed by atoms with Crippen LogP contribution in [0.15, 0.2) is 54.8 Å². The summed E-state index contributed by atoms with van der Waals surface area (Å²) in [5.41, 5.74) is 1.22. The summed E-state index contributed by atoms with van der Waals surface area (Å²) in [4.78, 5) is 2.02. The van der Waals surface area contributed by atoms with E-state index in [0.717, 1.165) is 6.54 Å². The first-order valence-electron chi connectivity index (χ1n) is 4.94. The van der Waals surface area contributed by atoms with Gasteiger partial charge < -0.3 is 4.90 Å². The summed E-state index contributed by atoms with van der Waals surface area (Å²) < 4.78 is 0. The lowest BCUT2D eigenvalue weighted by molar-refractivity contribution is 0.354. The summed E-state index contributed by atoms with van der Waals surface area (Å²) in [6.45, 7) is 0.778. The molecule has 0 saturated carbocycles. The second-order valence-electron chi connectivity index (χ2n) is 3.46. The maximum absolute atomic E-state index is 8.96. The van der Waals surface area contributed by atoms with E-state index < -0.39 is 0 Å². The molecule has 0 bridgehead atoms. The van der Waals surface area contributed by atoms with Crippen LogP contribution in [0.25, 0.3) is 0 Å². The van der Waals surface area contributed by atoms with Crippen LogP contribution >= 0.6 is 0 Å². The topological polar surface area (TPSA) is 27.0 Å². The third-order valence-corrected chi connectivity index (χ3v) is 2.38. The van der Waals surface area contributed by atoms with Gasteiger partial charge in [-0.2, -0.15) is 5.26 Å². The van der Waals surface area contributed by atoms with Crippen LogP contribution in [0, 0.1) is 11.3 Å². The number of hydrogen-bond donors (Lipinski definition) is 0. The summed E-state index contributed by atoms with van der Waals surface area (Å²) in [5.74, 6) is 0. The first-order valence-corrected chi connectivity index (χ1v) is 4.94. The molecule has 0 radical (unpaired) electrons. The number of nitriles is 1. The predicted octanol–water partition coefficient (Wildman–Crippen LogP) is 2.46. The van der Waals surface area contributed by atoms with Crippen LogP contribution in [-0.4, -0.2) is 10.9 Å². The predicted molar refractivity (Wildman–Crippen MR) is 59.7 cm³/mol. The summed E-state index contributed by atoms with van der Waals surface area (Å²) in [5, 5.41) is 8.96. The Morgan fingerprint density at radius 1 is 1.20 bits per heavy atom. The molecule has 0 aromatic heterocycles. The van der Waals surface area contributed by atoms with Gasteiger partial charge >= 0.3 is 0 Å². The van der Waals surface area contributed by atoms with Gasteiger partial charge in [0.15, 0.2) is 0 Å². The van der Waals surface area contributed by atoms with Crippen LogP contribution in [0.3, 0.4) is 0 Å². The van der Waals surface area contributed by atoms with Crippen LogP contribution in [-0.2, 0) is 6.54 Å². The summed E-state index contributed by atoms with van der Waals surface area (Å²) in [7, 11) is 0. The highest BCUT2D eigenvalue weighted by molar-refractivity contribution is 5.22. The average molecular weight is 196 g/mol. The molecule has 2 rings (SSSR count). The lowest BCUT2D eigenvalue weighted by atomic mass is 10.1. The van der Waals surface area contributed by atoms with Crippen LogP contribution in [0.2, 0.25) is 0 Å². The minimum atomic E-state index is -0.143. The fraction of sp³-hybridized carbons (Fsp3) is 0.154. The van der Waals surface area contributed by atoms with E-state index in [4.69, 9.17) is 5.26 Å². The lowest BCUT2D eigenvalue weighted by Gasteiger charge is -2.25. The molecule has 2 nitrogen and oxygen atoms in total. The maximum Gasteiger partial charge on any atom is 0.135 e. The zero-order chi connectivity index (χ0) is 10.5. The third-order valence-electron chi connectivity index (χ3n) is 2.38. The highest BCUT2D eigenvalue weighted by Gasteiger charge is 2.13. The largest absolute Gasteiger partial charge is 0.354 e. The molecule has 2 heteroatoms. The first-order chi connectivity index (χ1) is 7.40. The molecule has 1 heterocycles. The molecule has 0 fully saturated rings. The summed E-state index contributed by atoms with van der Waals surface area (Å²) in [6, 6.07) is 12.3. The molecule has 15 heavy (non-hydrogen) atoms. The molecule has 1 aromatic rings. The normalized spacial score (nSPS) is 18.9. The second kappa shape index (κ2) is 4.47. The number of benzene rings is 1. The lowest BCUT2D eigenvalue weighted by Crippen LogP contribution is -2.28. The second-order valence-corrected chi connectivity index (χ2v) is 3.46. The molecule has 0 saturated heterocycles. The van der Waals surface area contributed by atoms with E-state index in [1.807, 2.05) is 47.5 Å². The number of hydrogen-bond acceptors (Lipinski definition) is 2. The van der Waals surface area contributed by atoms with E-state index >= 15 is 0 Å². The summed E-state index contributed by atoms with van der Waals surface area (Å²) in [6.07, 6.45) is 7.73. The van der Waals surface area contributed by atoms with Crippen LogP contribution in [0.1, 0.15) is 5.56 Å². The Morgan fingerprint density at radius 3 is 2.73 bits per heavy atom. The zero-order valence-electron chi connectivity index (χ0n) is 8.38. The van der Waals surface area contributed by atoms with Crippen molar-refractivity contribution in [3.63, 3.8) is 0 Å². The molecule has 0 aliphatic carbocycles. The molecule has 0 spiro atoms. The van der Waals surface area contributed by atoms with Crippen molar-refractivity contribution in [1.29, 1.82) is 5.26 Å². The van der Waals surface area contributed by atoms with Gasteiger partial charge in [-0.3, -0.25) is 0 Å². The fourth-order valence-corrected chi connectivity index (χ4v) is 1.60. The summed E-state index contributed by atoms with van der Waals surface area (Å²) >= 11 is 0. The molecule has 1 unspecified atom stereocenters. The monoisotopic (exact) mass is 196 g/mol. The molecule has 1 aromatic carbocycles. The van der Waals surface area contributed by atoms with Crippen molar-refractivity contribution in [2.24, 2.45) is 0 Å². The van der Waals surface area contributed by atoms with Crippen LogP contribution < -0.4 is 0 Å². The Hall–Kier alpha value is -2.01. The molecule has 1 atom stereocenters. The van der Waals surface area contributed by atoms with Crippen molar-refractivity contribution in [3.8, 4) is 6.07 Å². The molecule has 1 aliphatic heterocycles. The smallest absolute Gasteiger partial charge is 0.135 e. The Balaban J connectivity index is 2.10. The molecular formula is C13H12N2. The molecule has 0 amide bonds. The molecular weight excluding hydrogens is 184 g/mol. The molecule has 1 aliphatic rings. The number of nitrogens with zero attached hydrogens (tertiary/aromatic N) is 2. The SMILES string of the molecule is N#CC1C=CC=CN1Cc1ccccc1. The van der Waals surface area contributed by atoms with E-state index in [1.54, 1.807) is 0 Å². The molecule has 0 N–H and O–H groups in total. The minimum absolute atomic E-state index is 0.143. The quantitative estimate of drug-likeness (QED) is 0.726. The van der Waals surface area contributed by atoms with Gasteiger partial charge in [0.05, 0.1) is 6.07 Å². The van der Waals surface area contributed by atoms with Gasteiger partial charge in [-0.15, -0.1) is 0 Å². The van der Waals surface area contributed by atoms with Crippen LogP contribution in [0.4, 0.5) is 0 Å². The van der Waals surface area contributed by atoms with Gasteiger partial charge in [-0.25, -0.2) is 0 Å². The maximum atomic E-state index is 8.96. The molecule has 74 valence electrons. The highest BCUT2D eigenvalue weighted by Crippen LogP contribution is 2.12. The Morgan fingerprint density at radius 2 is 2.00 bits per heavy atom. The van der Waals surface area contributed by atoms with E-state index in [9.17, 15) is 0 Å². The highest BCUT2D eigenvalue weighted by atomic mass is 15.1. The van der Waals surface area contributed by atoms with Crippen molar-refractivity contribution < 1.29 is 0 Å². The van der Waals surface area contributed by atoms with Crippen molar-refractivity contribution >= 4 is 0 Å². The Labute approximate surface area is 89.8 Å². The van der Waals surface area contributed by atoms with Crippen LogP contribution in [0.5, 0.6) is 0 Å². The Kier molecular flexibility index (Phi) is 2.85. The average Bonchev–Trinajstić information content (AvgIpc) is 2.31. The Bertz CT molecular complexity index is 412. The zero-order valence-corrected chi connectivity index (χ0v) is 8.38. The van der Waals surface area contributed by atoms with Gasteiger partial charge in [0.25, 0.3) is 0 Å². The van der Waals surface area contributed by atoms with E-state index in [-0.39, 0.29) is 6.04 Å². The van der Waals surface area contributed by atoms with E-state index in [1.165, 1.54) is 5.56 Å². The number of allylic oxidation sites excluding steroid dienone is 2. The van der Waals surface area contributed by atoms with E-state index in [0.29, 0.717) is 0 Å². The van der Waals surface area contributed by atoms with Gasteiger partial charge in [0.1, 0.15) is 6.04 Å². The van der Waals surface area contributed by atoms with Gasteiger partial charge in [0.2, 0.25) is 0 Å². The van der Waals surface area contributed by atoms with Crippen molar-refractivity contribution in [2.75, 3.05) is 0 Å². The first kappa shape index (κ1) is 9.54. The van der Waals surface area contributed by atoms with Gasteiger partial charge in [0, 0.05) is 12.7 Å².